The number of hydrogen-bond acceptors (Lipinski definition) is 4. The SMILES string of the molecule is CCc1c(N)nc(C2Cc3ccccc3O2)[nH]c1=O. The minimum atomic E-state index is -0.265. The van der Waals surface area contributed by atoms with Gasteiger partial charge in [-0.1, -0.05) is 25.1 Å². The number of nitrogen functional groups attached to an aromatic ring is 1. The summed E-state index contributed by atoms with van der Waals surface area (Å²) in [7, 11) is 0. The van der Waals surface area contributed by atoms with E-state index in [1.165, 1.54) is 0 Å². The van der Waals surface area contributed by atoms with Crippen LogP contribution in [0.5, 0.6) is 5.75 Å². The summed E-state index contributed by atoms with van der Waals surface area (Å²) in [5, 5.41) is 0. The molecule has 2 heterocycles. The molecule has 0 radical (unpaired) electrons. The van der Waals surface area contributed by atoms with Crippen molar-refractivity contribution in [3.05, 3.63) is 51.6 Å². The molecule has 0 spiro atoms. The first-order valence-corrected chi connectivity index (χ1v) is 6.32. The van der Waals surface area contributed by atoms with Crippen LogP contribution in [0.4, 0.5) is 5.82 Å². The first-order valence-electron chi connectivity index (χ1n) is 6.32. The van der Waals surface area contributed by atoms with Gasteiger partial charge in [-0.05, 0) is 18.1 Å². The molecule has 5 heteroatoms. The van der Waals surface area contributed by atoms with Crippen LogP contribution in [-0.2, 0) is 12.8 Å². The quantitative estimate of drug-likeness (QED) is 0.856. The molecule has 0 amide bonds. The summed E-state index contributed by atoms with van der Waals surface area (Å²) in [6.45, 7) is 1.88. The molecule has 3 N–H and O–H groups in total. The first kappa shape index (κ1) is 11.8. The molecule has 19 heavy (non-hydrogen) atoms. The van der Waals surface area contributed by atoms with Crippen molar-refractivity contribution in [3.8, 4) is 5.75 Å². The average Bonchev–Trinajstić information content (AvgIpc) is 2.82. The van der Waals surface area contributed by atoms with Crippen LogP contribution in [-0.4, -0.2) is 9.97 Å². The summed E-state index contributed by atoms with van der Waals surface area (Å²) < 4.78 is 5.79. The third kappa shape index (κ3) is 1.97. The highest BCUT2D eigenvalue weighted by molar-refractivity contribution is 5.40. The van der Waals surface area contributed by atoms with Gasteiger partial charge in [0, 0.05) is 6.42 Å². The van der Waals surface area contributed by atoms with Gasteiger partial charge >= 0.3 is 0 Å². The molecule has 0 aliphatic carbocycles. The second-order valence-electron chi connectivity index (χ2n) is 4.59. The van der Waals surface area contributed by atoms with Gasteiger partial charge in [0.25, 0.3) is 5.56 Å². The van der Waals surface area contributed by atoms with Crippen LogP contribution in [0.25, 0.3) is 0 Å². The highest BCUT2D eigenvalue weighted by atomic mass is 16.5. The van der Waals surface area contributed by atoms with Crippen molar-refractivity contribution in [1.82, 2.24) is 9.97 Å². The topological polar surface area (TPSA) is 81.0 Å². The number of nitrogens with zero attached hydrogens (tertiary/aromatic N) is 1. The van der Waals surface area contributed by atoms with Crippen molar-refractivity contribution < 1.29 is 4.74 Å². The molecule has 98 valence electrons. The molecule has 0 saturated carbocycles. The predicted octanol–water partition coefficient (Wildman–Crippen LogP) is 1.59. The van der Waals surface area contributed by atoms with Gasteiger partial charge < -0.3 is 15.5 Å². The second-order valence-corrected chi connectivity index (χ2v) is 4.59. The fraction of sp³-hybridized carbons (Fsp3) is 0.286. The number of nitrogens with one attached hydrogen (secondary N) is 1. The van der Waals surface area contributed by atoms with E-state index in [9.17, 15) is 4.79 Å². The fourth-order valence-electron chi connectivity index (χ4n) is 2.36. The second kappa shape index (κ2) is 4.42. The van der Waals surface area contributed by atoms with E-state index >= 15 is 0 Å². The Morgan fingerprint density at radius 2 is 2.26 bits per heavy atom. The van der Waals surface area contributed by atoms with E-state index in [1.54, 1.807) is 0 Å². The average molecular weight is 257 g/mol. The van der Waals surface area contributed by atoms with Crippen molar-refractivity contribution >= 4 is 5.82 Å². The molecular weight excluding hydrogens is 242 g/mol. The van der Waals surface area contributed by atoms with Crippen molar-refractivity contribution in [1.29, 1.82) is 0 Å². The standard InChI is InChI=1S/C14H15N3O2/c1-2-9-12(15)16-13(17-14(9)18)11-7-8-5-3-4-6-10(8)19-11/h3-6,11H,2,7H2,1H3,(H3,15,16,17,18). The van der Waals surface area contributed by atoms with Gasteiger partial charge in [0.2, 0.25) is 0 Å². The lowest BCUT2D eigenvalue weighted by molar-refractivity contribution is 0.227. The summed E-state index contributed by atoms with van der Waals surface area (Å²) in [5.41, 5.74) is 7.29. The Morgan fingerprint density at radius 3 is 2.95 bits per heavy atom. The maximum Gasteiger partial charge on any atom is 0.256 e. The van der Waals surface area contributed by atoms with Crippen LogP contribution in [0.2, 0.25) is 0 Å². The number of nitrogens with two attached hydrogens (primary N) is 1. The van der Waals surface area contributed by atoms with Crippen molar-refractivity contribution in [2.75, 3.05) is 5.73 Å². The molecule has 1 aliphatic heterocycles. The number of benzene rings is 1. The number of H-pyrrole nitrogens is 1. The van der Waals surface area contributed by atoms with E-state index in [-0.39, 0.29) is 11.7 Å². The van der Waals surface area contributed by atoms with Crippen LogP contribution in [0.1, 0.15) is 30.0 Å². The van der Waals surface area contributed by atoms with Crippen molar-refractivity contribution in [2.24, 2.45) is 0 Å². The molecule has 1 aromatic carbocycles. The molecular formula is C14H15N3O2. The first-order chi connectivity index (χ1) is 9.19. The Labute approximate surface area is 110 Å². The maximum absolute atomic E-state index is 11.9. The van der Waals surface area contributed by atoms with Gasteiger partial charge in [-0.2, -0.15) is 0 Å². The van der Waals surface area contributed by atoms with Gasteiger partial charge in [0.15, 0.2) is 11.9 Å². The molecule has 3 rings (SSSR count). The highest BCUT2D eigenvalue weighted by Crippen LogP contribution is 2.34. The Kier molecular flexibility index (Phi) is 2.74. The summed E-state index contributed by atoms with van der Waals surface area (Å²) in [4.78, 5) is 18.9. The van der Waals surface area contributed by atoms with Crippen LogP contribution in [0.15, 0.2) is 29.1 Å². The van der Waals surface area contributed by atoms with E-state index in [1.807, 2.05) is 31.2 Å². The molecule has 1 atom stereocenters. The van der Waals surface area contributed by atoms with E-state index < -0.39 is 0 Å². The molecule has 0 fully saturated rings. The van der Waals surface area contributed by atoms with Gasteiger partial charge in [0.1, 0.15) is 11.6 Å². The number of ether oxygens (including phenoxy) is 1. The van der Waals surface area contributed by atoms with Crippen LogP contribution >= 0.6 is 0 Å². The van der Waals surface area contributed by atoms with Crippen molar-refractivity contribution in [2.45, 2.75) is 25.9 Å². The lowest BCUT2D eigenvalue weighted by atomic mass is 10.1. The minimum absolute atomic E-state index is 0.176. The lowest BCUT2D eigenvalue weighted by Gasteiger charge is -2.11. The third-order valence-electron chi connectivity index (χ3n) is 3.37. The Morgan fingerprint density at radius 1 is 1.47 bits per heavy atom. The highest BCUT2D eigenvalue weighted by Gasteiger charge is 2.26. The van der Waals surface area contributed by atoms with Gasteiger partial charge in [0.05, 0.1) is 5.56 Å². The number of hydrogen-bond donors (Lipinski definition) is 2. The molecule has 0 bridgehead atoms. The van der Waals surface area contributed by atoms with E-state index in [0.29, 0.717) is 30.0 Å². The number of rotatable bonds is 2. The predicted molar refractivity (Wildman–Crippen MR) is 72.2 cm³/mol. The van der Waals surface area contributed by atoms with E-state index in [4.69, 9.17) is 10.5 Å². The number of para-hydroxylation sites is 1. The summed E-state index contributed by atoms with van der Waals surface area (Å²) in [5.74, 6) is 1.63. The molecule has 2 aromatic rings. The zero-order valence-corrected chi connectivity index (χ0v) is 10.6. The van der Waals surface area contributed by atoms with Crippen LogP contribution in [0.3, 0.4) is 0 Å². The van der Waals surface area contributed by atoms with Crippen LogP contribution < -0.4 is 16.0 Å². The number of aromatic amines is 1. The van der Waals surface area contributed by atoms with Gasteiger partial charge in [-0.15, -0.1) is 0 Å². The Bertz CT molecular complexity index is 654. The zero-order chi connectivity index (χ0) is 13.4. The summed E-state index contributed by atoms with van der Waals surface area (Å²) in [6.07, 6.45) is 1.00. The fourth-order valence-corrected chi connectivity index (χ4v) is 2.36. The minimum Gasteiger partial charge on any atom is -0.482 e. The smallest absolute Gasteiger partial charge is 0.256 e. The third-order valence-corrected chi connectivity index (χ3v) is 3.37. The molecule has 1 unspecified atom stereocenters. The van der Waals surface area contributed by atoms with Crippen molar-refractivity contribution in [3.63, 3.8) is 0 Å². The summed E-state index contributed by atoms with van der Waals surface area (Å²) >= 11 is 0. The Balaban J connectivity index is 1.96. The largest absolute Gasteiger partial charge is 0.482 e. The van der Waals surface area contributed by atoms with Crippen LogP contribution in [0, 0.1) is 0 Å². The number of fused-ring (bicyclic) bond motifs is 1. The molecule has 1 aliphatic rings. The van der Waals surface area contributed by atoms with E-state index in [2.05, 4.69) is 9.97 Å². The van der Waals surface area contributed by atoms with E-state index in [0.717, 1.165) is 11.3 Å². The normalized spacial score (nSPS) is 17.0. The van der Waals surface area contributed by atoms with Gasteiger partial charge in [-0.3, -0.25) is 4.79 Å². The maximum atomic E-state index is 11.9. The Hall–Kier alpha value is -2.30. The lowest BCUT2D eigenvalue weighted by Crippen LogP contribution is -2.22. The molecule has 0 saturated heterocycles. The summed E-state index contributed by atoms with van der Waals surface area (Å²) in [6, 6.07) is 7.82. The molecule has 5 nitrogen and oxygen atoms in total. The zero-order valence-electron chi connectivity index (χ0n) is 10.6. The monoisotopic (exact) mass is 257 g/mol. The molecule has 1 aromatic heterocycles. The number of aromatic nitrogens is 2. The number of anilines is 1. The van der Waals surface area contributed by atoms with Gasteiger partial charge in [-0.25, -0.2) is 4.98 Å².